The number of nitrogens with one attached hydrogen (secondary N) is 1. The van der Waals surface area contributed by atoms with Crippen LogP contribution in [0.3, 0.4) is 0 Å². The van der Waals surface area contributed by atoms with Crippen molar-refractivity contribution in [1.82, 2.24) is 10.2 Å². The van der Waals surface area contributed by atoms with Gasteiger partial charge in [-0.1, -0.05) is 53.5 Å². The van der Waals surface area contributed by atoms with Crippen molar-refractivity contribution in [1.29, 1.82) is 0 Å². The molecule has 27 heavy (non-hydrogen) atoms. The first-order valence-electron chi connectivity index (χ1n) is 8.65. The number of carbonyl (C=O) groups excluding carboxylic acids is 2. The molecule has 1 N–H and O–H groups in total. The fraction of sp³-hybridized carbons (Fsp3) is 0.300. The highest BCUT2D eigenvalue weighted by Gasteiger charge is 2.29. The third-order valence-corrected chi connectivity index (χ3v) is 4.91. The Bertz CT molecular complexity index is 829. The maximum Gasteiger partial charge on any atom is 0.253 e. The molecule has 0 spiro atoms. The Morgan fingerprint density at radius 1 is 1.15 bits per heavy atom. The van der Waals surface area contributed by atoms with Crippen LogP contribution in [0.15, 0.2) is 48.5 Å². The molecule has 1 aliphatic heterocycles. The topological polar surface area (TPSA) is 58.6 Å². The maximum absolute atomic E-state index is 12.6. The summed E-state index contributed by atoms with van der Waals surface area (Å²) in [6, 6.07) is 14.4. The molecule has 2 atom stereocenters. The van der Waals surface area contributed by atoms with Crippen LogP contribution in [0.25, 0.3) is 0 Å². The number of ether oxygens (including phenoxy) is 1. The molecule has 2 unspecified atom stereocenters. The molecule has 5 nitrogen and oxygen atoms in total. The number of hydrogen-bond donors (Lipinski definition) is 1. The summed E-state index contributed by atoms with van der Waals surface area (Å²) >= 11 is 11.9. The van der Waals surface area contributed by atoms with Gasteiger partial charge in [-0.05, 0) is 30.7 Å². The first-order valence-corrected chi connectivity index (χ1v) is 9.41. The molecular weight excluding hydrogens is 387 g/mol. The van der Waals surface area contributed by atoms with E-state index in [1.165, 1.54) is 12.1 Å². The third-order valence-electron chi connectivity index (χ3n) is 4.36. The number of hydrogen-bond acceptors (Lipinski definition) is 3. The number of benzene rings is 2. The van der Waals surface area contributed by atoms with E-state index in [1.807, 2.05) is 37.3 Å². The molecule has 0 aliphatic carbocycles. The first-order chi connectivity index (χ1) is 12.9. The summed E-state index contributed by atoms with van der Waals surface area (Å²) in [6.07, 6.45) is -0.269. The Hall–Kier alpha value is -2.08. The monoisotopic (exact) mass is 406 g/mol. The van der Waals surface area contributed by atoms with Gasteiger partial charge < -0.3 is 15.0 Å². The molecule has 7 heteroatoms. The molecular formula is C20H20Cl2N2O3. The third kappa shape index (κ3) is 5.01. The minimum absolute atomic E-state index is 0.0886. The van der Waals surface area contributed by atoms with Crippen molar-refractivity contribution in [2.75, 3.05) is 19.6 Å². The standard InChI is InChI=1S/C20H20Cl2N2O3/c1-13-11-24(12-18(27-13)14-5-3-2-4-6-14)19(25)10-23-20(26)16-8-7-15(21)9-17(16)22/h2-9,13,18H,10-12H2,1H3,(H,23,26). The molecule has 0 saturated carbocycles. The largest absolute Gasteiger partial charge is 0.367 e. The number of rotatable bonds is 4. The lowest BCUT2D eigenvalue weighted by Gasteiger charge is -2.37. The number of halogens is 2. The summed E-state index contributed by atoms with van der Waals surface area (Å²) in [7, 11) is 0. The van der Waals surface area contributed by atoms with Crippen LogP contribution < -0.4 is 5.32 Å². The van der Waals surface area contributed by atoms with E-state index in [2.05, 4.69) is 5.32 Å². The summed E-state index contributed by atoms with van der Waals surface area (Å²) in [5.74, 6) is -0.574. The van der Waals surface area contributed by atoms with Crippen LogP contribution in [0, 0.1) is 0 Å². The Balaban J connectivity index is 1.60. The average molecular weight is 407 g/mol. The lowest BCUT2D eigenvalue weighted by Crippen LogP contribution is -2.49. The Labute approximate surface area is 168 Å². The molecule has 2 aromatic rings. The van der Waals surface area contributed by atoms with Gasteiger partial charge in [0.2, 0.25) is 5.91 Å². The van der Waals surface area contributed by atoms with Crippen LogP contribution in [-0.4, -0.2) is 42.5 Å². The number of carbonyl (C=O) groups is 2. The van der Waals surface area contributed by atoms with Crippen molar-refractivity contribution in [3.63, 3.8) is 0 Å². The molecule has 2 amide bonds. The zero-order valence-corrected chi connectivity index (χ0v) is 16.3. The van der Waals surface area contributed by atoms with Gasteiger partial charge in [-0.15, -0.1) is 0 Å². The van der Waals surface area contributed by atoms with E-state index < -0.39 is 5.91 Å². The molecule has 0 aromatic heterocycles. The van der Waals surface area contributed by atoms with Crippen molar-refractivity contribution in [2.45, 2.75) is 19.1 Å². The van der Waals surface area contributed by atoms with E-state index in [9.17, 15) is 9.59 Å². The normalized spacial score (nSPS) is 19.6. The Kier molecular flexibility index (Phi) is 6.37. The second-order valence-electron chi connectivity index (χ2n) is 6.45. The van der Waals surface area contributed by atoms with Gasteiger partial charge in [-0.3, -0.25) is 9.59 Å². The fourth-order valence-electron chi connectivity index (χ4n) is 3.04. The van der Waals surface area contributed by atoms with Gasteiger partial charge >= 0.3 is 0 Å². The quantitative estimate of drug-likeness (QED) is 0.841. The Morgan fingerprint density at radius 3 is 2.59 bits per heavy atom. The molecule has 1 heterocycles. The van der Waals surface area contributed by atoms with Gasteiger partial charge in [0.05, 0.1) is 29.8 Å². The maximum atomic E-state index is 12.6. The summed E-state index contributed by atoms with van der Waals surface area (Å²) in [4.78, 5) is 26.6. The smallest absolute Gasteiger partial charge is 0.253 e. The zero-order valence-electron chi connectivity index (χ0n) is 14.8. The average Bonchev–Trinajstić information content (AvgIpc) is 2.66. The highest BCUT2D eigenvalue weighted by molar-refractivity contribution is 6.36. The van der Waals surface area contributed by atoms with E-state index in [0.717, 1.165) is 5.56 Å². The molecule has 1 saturated heterocycles. The van der Waals surface area contributed by atoms with Crippen molar-refractivity contribution < 1.29 is 14.3 Å². The van der Waals surface area contributed by atoms with Crippen molar-refractivity contribution in [2.24, 2.45) is 0 Å². The molecule has 1 fully saturated rings. The van der Waals surface area contributed by atoms with Crippen molar-refractivity contribution >= 4 is 35.0 Å². The number of amides is 2. The SMILES string of the molecule is CC1CN(C(=O)CNC(=O)c2ccc(Cl)cc2Cl)CC(c2ccccc2)O1. The minimum Gasteiger partial charge on any atom is -0.367 e. The second-order valence-corrected chi connectivity index (χ2v) is 7.30. The van der Waals surface area contributed by atoms with Crippen LogP contribution in [-0.2, 0) is 9.53 Å². The van der Waals surface area contributed by atoms with Crippen molar-refractivity contribution in [3.8, 4) is 0 Å². The van der Waals surface area contributed by atoms with Gasteiger partial charge in [0.1, 0.15) is 6.10 Å². The zero-order chi connectivity index (χ0) is 19.4. The summed E-state index contributed by atoms with van der Waals surface area (Å²) in [5, 5.41) is 3.32. The van der Waals surface area contributed by atoms with Gasteiger partial charge in [-0.2, -0.15) is 0 Å². The molecule has 3 rings (SSSR count). The van der Waals surface area contributed by atoms with E-state index in [0.29, 0.717) is 18.1 Å². The highest BCUT2D eigenvalue weighted by atomic mass is 35.5. The van der Waals surface area contributed by atoms with Gasteiger partial charge in [0.15, 0.2) is 0 Å². The molecule has 1 aliphatic rings. The van der Waals surface area contributed by atoms with Crippen LogP contribution in [0.5, 0.6) is 0 Å². The van der Waals surface area contributed by atoms with Crippen LogP contribution >= 0.6 is 23.2 Å². The fourth-order valence-corrected chi connectivity index (χ4v) is 3.54. The molecule has 2 aromatic carbocycles. The van der Waals surface area contributed by atoms with Crippen LogP contribution in [0.1, 0.15) is 28.9 Å². The highest BCUT2D eigenvalue weighted by Crippen LogP contribution is 2.25. The predicted molar refractivity (Wildman–Crippen MR) is 105 cm³/mol. The van der Waals surface area contributed by atoms with E-state index in [4.69, 9.17) is 27.9 Å². The first kappa shape index (κ1) is 19.7. The number of morpholine rings is 1. The predicted octanol–water partition coefficient (Wildman–Crippen LogP) is 3.71. The van der Waals surface area contributed by atoms with Crippen molar-refractivity contribution in [3.05, 3.63) is 69.7 Å². The van der Waals surface area contributed by atoms with Gasteiger partial charge in [-0.25, -0.2) is 0 Å². The van der Waals surface area contributed by atoms with E-state index in [-0.39, 0.29) is 35.2 Å². The molecule has 142 valence electrons. The second kappa shape index (κ2) is 8.74. The molecule has 0 radical (unpaired) electrons. The van der Waals surface area contributed by atoms with Crippen LogP contribution in [0.2, 0.25) is 10.0 Å². The summed E-state index contributed by atoms with van der Waals surface area (Å²) in [5.41, 5.74) is 1.31. The minimum atomic E-state index is -0.411. The van der Waals surface area contributed by atoms with Crippen LogP contribution in [0.4, 0.5) is 0 Å². The van der Waals surface area contributed by atoms with E-state index in [1.54, 1.807) is 11.0 Å². The molecule has 0 bridgehead atoms. The van der Waals surface area contributed by atoms with E-state index >= 15 is 0 Å². The lowest BCUT2D eigenvalue weighted by molar-refractivity contribution is -0.143. The van der Waals surface area contributed by atoms with Gasteiger partial charge in [0, 0.05) is 11.6 Å². The number of nitrogens with zero attached hydrogens (tertiary/aromatic N) is 1. The summed E-state index contributed by atoms with van der Waals surface area (Å²) < 4.78 is 5.96. The summed E-state index contributed by atoms with van der Waals surface area (Å²) in [6.45, 7) is 2.76. The Morgan fingerprint density at radius 2 is 1.89 bits per heavy atom. The van der Waals surface area contributed by atoms with Gasteiger partial charge in [0.25, 0.3) is 5.91 Å². The lowest BCUT2D eigenvalue weighted by atomic mass is 10.1.